The summed E-state index contributed by atoms with van der Waals surface area (Å²) in [5, 5.41) is 3.37. The van der Waals surface area contributed by atoms with E-state index in [0.717, 1.165) is 0 Å². The van der Waals surface area contributed by atoms with E-state index >= 15 is 0 Å². The minimum atomic E-state index is -3.59. The molecule has 132 valence electrons. The highest BCUT2D eigenvalue weighted by Crippen LogP contribution is 2.26. The van der Waals surface area contributed by atoms with Crippen molar-refractivity contribution < 1.29 is 22.3 Å². The number of methoxy groups -OCH3 is 1. The van der Waals surface area contributed by atoms with Gasteiger partial charge in [-0.1, -0.05) is 17.2 Å². The van der Waals surface area contributed by atoms with Crippen LogP contribution in [-0.4, -0.2) is 58.9 Å². The van der Waals surface area contributed by atoms with Gasteiger partial charge in [-0.3, -0.25) is 4.39 Å². The van der Waals surface area contributed by atoms with Crippen LogP contribution in [0.5, 0.6) is 0 Å². The van der Waals surface area contributed by atoms with Crippen molar-refractivity contribution in [1.82, 2.24) is 4.31 Å². The van der Waals surface area contributed by atoms with E-state index in [2.05, 4.69) is 10.0 Å². The van der Waals surface area contributed by atoms with Crippen molar-refractivity contribution in [3.8, 4) is 0 Å². The van der Waals surface area contributed by atoms with E-state index < -0.39 is 28.8 Å². The molecule has 8 nitrogen and oxygen atoms in total. The molecule has 0 saturated carbocycles. The van der Waals surface area contributed by atoms with Crippen LogP contribution in [-0.2, 0) is 19.5 Å². The number of hydrogen-bond donors (Lipinski definition) is 0. The molecule has 0 spiro atoms. The molecule has 0 aromatic heterocycles. The molecule has 1 aromatic rings. The Hall–Kier alpha value is -1.71. The van der Waals surface area contributed by atoms with Gasteiger partial charge in [0.25, 0.3) is 0 Å². The molecule has 0 N–H and O–H groups in total. The molecule has 24 heavy (non-hydrogen) atoms. The number of hydrogen-bond acceptors (Lipinski definition) is 5. The van der Waals surface area contributed by atoms with Crippen LogP contribution < -0.4 is 0 Å². The number of ether oxygens (including phenoxy) is 2. The largest absolute Gasteiger partial charge is 0.379 e. The van der Waals surface area contributed by atoms with E-state index in [9.17, 15) is 12.8 Å². The Bertz CT molecular complexity index is 685. The molecular weight excluding hydrogens is 339 g/mol. The van der Waals surface area contributed by atoms with Gasteiger partial charge in [-0.2, -0.15) is 4.31 Å². The fourth-order valence-electron chi connectivity index (χ4n) is 2.52. The second kappa shape index (κ2) is 8.41. The lowest BCUT2D eigenvalue weighted by molar-refractivity contribution is 0.0720. The third-order valence-electron chi connectivity index (χ3n) is 3.78. The Balaban J connectivity index is 2.24. The van der Waals surface area contributed by atoms with Crippen LogP contribution in [0, 0.1) is 0 Å². The maximum atomic E-state index is 13.0. The van der Waals surface area contributed by atoms with Crippen LogP contribution in [0.4, 0.5) is 4.39 Å². The summed E-state index contributed by atoms with van der Waals surface area (Å²) in [6, 6.07) is 4.95. The highest BCUT2D eigenvalue weighted by Gasteiger charge is 2.27. The van der Waals surface area contributed by atoms with E-state index in [4.69, 9.17) is 15.0 Å². The van der Waals surface area contributed by atoms with Crippen molar-refractivity contribution in [3.05, 3.63) is 40.3 Å². The normalized spacial score (nSPS) is 18.6. The van der Waals surface area contributed by atoms with Crippen molar-refractivity contribution in [2.45, 2.75) is 17.0 Å². The first-order chi connectivity index (χ1) is 11.5. The van der Waals surface area contributed by atoms with Gasteiger partial charge in [-0.05, 0) is 23.2 Å². The van der Waals surface area contributed by atoms with E-state index in [1.54, 1.807) is 0 Å². The lowest BCUT2D eigenvalue weighted by Gasteiger charge is -2.26. The predicted octanol–water partition coefficient (Wildman–Crippen LogP) is 2.04. The Kier molecular flexibility index (Phi) is 6.52. The summed E-state index contributed by atoms with van der Waals surface area (Å²) in [5.74, 6) is 0. The molecule has 0 unspecified atom stereocenters. The number of sulfonamides is 1. The summed E-state index contributed by atoms with van der Waals surface area (Å²) in [7, 11) is -2.22. The maximum Gasteiger partial charge on any atom is 0.243 e. The molecule has 1 fully saturated rings. The van der Waals surface area contributed by atoms with E-state index in [1.807, 2.05) is 0 Å². The van der Waals surface area contributed by atoms with Crippen LogP contribution >= 0.6 is 0 Å². The SMILES string of the molecule is CO[C@H](c1ccc(S(=O)(=O)N2CCOCC2)cc1)[C@@H](CF)N=[N+]=[N-]. The standard InChI is InChI=1S/C14H19FN4O4S/c1-22-14(13(10-15)17-18-16)11-2-4-12(5-3-11)24(20,21)19-6-8-23-9-7-19/h2-5,13-14H,6-10H2,1H3/t13-,14-/m1/s1. The Morgan fingerprint density at radius 3 is 2.50 bits per heavy atom. The minimum Gasteiger partial charge on any atom is -0.379 e. The zero-order chi connectivity index (χ0) is 17.6. The first kappa shape index (κ1) is 18.6. The van der Waals surface area contributed by atoms with E-state index in [1.165, 1.54) is 35.7 Å². The quantitative estimate of drug-likeness (QED) is 0.422. The lowest BCUT2D eigenvalue weighted by Crippen LogP contribution is -2.40. The van der Waals surface area contributed by atoms with E-state index in [0.29, 0.717) is 31.9 Å². The average Bonchev–Trinajstić information content (AvgIpc) is 2.62. The number of nitrogens with zero attached hydrogens (tertiary/aromatic N) is 4. The smallest absolute Gasteiger partial charge is 0.243 e. The van der Waals surface area contributed by atoms with Crippen molar-refractivity contribution in [2.75, 3.05) is 40.1 Å². The maximum absolute atomic E-state index is 13.0. The van der Waals surface area contributed by atoms with Crippen LogP contribution in [0.2, 0.25) is 0 Å². The molecule has 0 amide bonds. The number of alkyl halides is 1. The Morgan fingerprint density at radius 1 is 1.38 bits per heavy atom. The molecule has 1 aromatic carbocycles. The first-order valence-electron chi connectivity index (χ1n) is 7.35. The monoisotopic (exact) mass is 358 g/mol. The summed E-state index contributed by atoms with van der Waals surface area (Å²) in [5.41, 5.74) is 9.03. The zero-order valence-corrected chi connectivity index (χ0v) is 14.0. The van der Waals surface area contributed by atoms with Gasteiger partial charge in [-0.25, -0.2) is 8.42 Å². The number of benzene rings is 1. The van der Waals surface area contributed by atoms with Crippen molar-refractivity contribution in [3.63, 3.8) is 0 Å². The van der Waals surface area contributed by atoms with E-state index in [-0.39, 0.29) is 4.90 Å². The summed E-state index contributed by atoms with van der Waals surface area (Å²) in [4.78, 5) is 2.75. The third kappa shape index (κ3) is 4.03. The second-order valence-electron chi connectivity index (χ2n) is 5.17. The summed E-state index contributed by atoms with van der Waals surface area (Å²) >= 11 is 0. The van der Waals surface area contributed by atoms with Gasteiger partial charge in [0.15, 0.2) is 0 Å². The van der Waals surface area contributed by atoms with Crippen LogP contribution in [0.1, 0.15) is 11.7 Å². The van der Waals surface area contributed by atoms with Crippen molar-refractivity contribution >= 4 is 10.0 Å². The lowest BCUT2D eigenvalue weighted by atomic mass is 10.0. The van der Waals surface area contributed by atoms with Gasteiger partial charge < -0.3 is 9.47 Å². The van der Waals surface area contributed by atoms with Crippen molar-refractivity contribution in [1.29, 1.82) is 0 Å². The van der Waals surface area contributed by atoms with Gasteiger partial charge in [0.05, 0.1) is 30.3 Å². The van der Waals surface area contributed by atoms with Gasteiger partial charge in [0.2, 0.25) is 10.0 Å². The number of rotatable bonds is 7. The molecule has 10 heteroatoms. The van der Waals surface area contributed by atoms with Gasteiger partial charge in [0, 0.05) is 25.1 Å². The average molecular weight is 358 g/mol. The highest BCUT2D eigenvalue weighted by atomic mass is 32.2. The van der Waals surface area contributed by atoms with Crippen LogP contribution in [0.3, 0.4) is 0 Å². The second-order valence-corrected chi connectivity index (χ2v) is 7.11. The fraction of sp³-hybridized carbons (Fsp3) is 0.571. The van der Waals surface area contributed by atoms with Gasteiger partial charge in [-0.15, -0.1) is 0 Å². The number of azide groups is 1. The minimum absolute atomic E-state index is 0.142. The molecule has 1 aliphatic rings. The summed E-state index contributed by atoms with van der Waals surface area (Å²) in [6.45, 7) is 0.481. The first-order valence-corrected chi connectivity index (χ1v) is 8.79. The zero-order valence-electron chi connectivity index (χ0n) is 13.2. The summed E-state index contributed by atoms with van der Waals surface area (Å²) < 4.78 is 49.8. The number of morpholine rings is 1. The summed E-state index contributed by atoms with van der Waals surface area (Å²) in [6.07, 6.45) is -0.786. The molecule has 1 saturated heterocycles. The topological polar surface area (TPSA) is 105 Å². The Labute approximate surface area is 139 Å². The third-order valence-corrected chi connectivity index (χ3v) is 5.69. The molecule has 2 rings (SSSR count). The Morgan fingerprint density at radius 2 is 2.00 bits per heavy atom. The van der Waals surface area contributed by atoms with Crippen LogP contribution in [0.25, 0.3) is 10.4 Å². The van der Waals surface area contributed by atoms with Crippen molar-refractivity contribution in [2.24, 2.45) is 5.11 Å². The molecule has 2 atom stereocenters. The highest BCUT2D eigenvalue weighted by molar-refractivity contribution is 7.89. The molecule has 0 bridgehead atoms. The van der Waals surface area contributed by atoms with Gasteiger partial charge >= 0.3 is 0 Å². The predicted molar refractivity (Wildman–Crippen MR) is 84.7 cm³/mol. The molecule has 1 aliphatic heterocycles. The number of halogens is 1. The van der Waals surface area contributed by atoms with Gasteiger partial charge in [0.1, 0.15) is 6.67 Å². The fourth-order valence-corrected chi connectivity index (χ4v) is 3.93. The molecule has 1 heterocycles. The molecule has 0 radical (unpaired) electrons. The molecule has 0 aliphatic carbocycles. The molecular formula is C14H19FN4O4S. The van der Waals surface area contributed by atoms with Crippen LogP contribution in [0.15, 0.2) is 34.3 Å².